The Bertz CT molecular complexity index is 927. The molecule has 10 nitrogen and oxygen atoms in total. The van der Waals surface area contributed by atoms with Crippen molar-refractivity contribution in [3.63, 3.8) is 0 Å². The van der Waals surface area contributed by atoms with Crippen molar-refractivity contribution < 1.29 is 51.4 Å². The largest absolute Gasteiger partial charge is 0.456 e. The van der Waals surface area contributed by atoms with Crippen LogP contribution < -0.4 is 28.3 Å². The lowest BCUT2D eigenvalue weighted by Gasteiger charge is -2.17. The highest BCUT2D eigenvalue weighted by Crippen LogP contribution is 2.10. The summed E-state index contributed by atoms with van der Waals surface area (Å²) in [6.07, 6.45) is 0. The average Bonchev–Trinajstić information content (AvgIpc) is 2.54. The predicted octanol–water partition coefficient (Wildman–Crippen LogP) is -3.47. The molecule has 160 valence electrons. The van der Waals surface area contributed by atoms with Crippen LogP contribution in [0.3, 0.4) is 0 Å². The second-order valence-corrected chi connectivity index (χ2v) is 8.45. The third-order valence-electron chi connectivity index (χ3n) is 3.66. The maximum atomic E-state index is 12.0. The number of ether oxygens (including phenoxy) is 1. The highest BCUT2D eigenvalue weighted by Gasteiger charge is 2.17. The summed E-state index contributed by atoms with van der Waals surface area (Å²) in [5.74, 6) is -0.356. The Morgan fingerprint density at radius 3 is 1.90 bits per heavy atom. The zero-order valence-corrected chi connectivity index (χ0v) is 17.5. The van der Waals surface area contributed by atoms with E-state index in [1.165, 1.54) is 12.1 Å². The first-order chi connectivity index (χ1) is 13.2. The van der Waals surface area contributed by atoms with Crippen molar-refractivity contribution in [3.05, 3.63) is 58.9 Å². The van der Waals surface area contributed by atoms with Crippen molar-refractivity contribution in [1.29, 1.82) is 0 Å². The summed E-state index contributed by atoms with van der Waals surface area (Å²) in [7, 11) is -8.66. The van der Waals surface area contributed by atoms with E-state index in [9.17, 15) is 13.2 Å². The summed E-state index contributed by atoms with van der Waals surface area (Å²) in [6, 6.07) is 9.94. The molecule has 2 N–H and O–H groups in total. The first kappa shape index (κ1) is 24.9. The van der Waals surface area contributed by atoms with Crippen molar-refractivity contribution >= 4 is 16.0 Å². The van der Waals surface area contributed by atoms with E-state index in [0.29, 0.717) is 5.56 Å². The highest BCUT2D eigenvalue weighted by molar-refractivity contribution is 7.89. The van der Waals surface area contributed by atoms with Crippen LogP contribution in [-0.4, -0.2) is 14.4 Å². The Kier molecular flexibility index (Phi) is 8.65. The SMILES string of the molecule is Cc1cc(C)[n+](CC(=O)OCc2ccc(S(N)(=O)=O)cc2)c(C)c1.[O-][Cl+3]([O-])([O-])[O-]. The standard InChI is InChI=1S/C17H21N2O4S.ClHO4/c1-12-8-13(2)19(14(3)9-12)10-17(20)23-11-15-4-6-16(7-5-15)24(18,21)22;2-1(3,4)5/h4-9H,10-11H2,1-3H3,(H2,18,21,22);(H,2,3,4,5)/q+1;/p-1. The van der Waals surface area contributed by atoms with Crippen LogP contribution in [-0.2, 0) is 32.7 Å². The van der Waals surface area contributed by atoms with Crippen molar-refractivity contribution in [3.8, 4) is 0 Å². The summed E-state index contributed by atoms with van der Waals surface area (Å²) >= 11 is 0. The summed E-state index contributed by atoms with van der Waals surface area (Å²) in [5, 5.41) is 5.04. The van der Waals surface area contributed by atoms with E-state index in [1.54, 1.807) is 12.1 Å². The Balaban J connectivity index is 0.000000749. The van der Waals surface area contributed by atoms with Gasteiger partial charge in [0.05, 0.1) is 4.90 Å². The average molecular weight is 449 g/mol. The molecule has 1 aromatic heterocycles. The second-order valence-electron chi connectivity index (χ2n) is 6.13. The fourth-order valence-corrected chi connectivity index (χ4v) is 3.01. The monoisotopic (exact) mass is 448 g/mol. The summed E-state index contributed by atoms with van der Waals surface area (Å²) < 4.78 is 63.5. The van der Waals surface area contributed by atoms with Crippen LogP contribution in [0.5, 0.6) is 0 Å². The Labute approximate surface area is 170 Å². The minimum atomic E-state index is -4.94. The number of primary sulfonamides is 1. The number of esters is 1. The van der Waals surface area contributed by atoms with E-state index in [1.807, 2.05) is 37.5 Å². The number of carbonyl (C=O) groups is 1. The van der Waals surface area contributed by atoms with E-state index in [4.69, 9.17) is 28.5 Å². The van der Waals surface area contributed by atoms with Crippen LogP contribution >= 0.6 is 0 Å². The van der Waals surface area contributed by atoms with Gasteiger partial charge in [0.2, 0.25) is 16.6 Å². The number of sulfonamides is 1. The molecule has 1 heterocycles. The van der Waals surface area contributed by atoms with Gasteiger partial charge in [-0.25, -0.2) is 37.0 Å². The van der Waals surface area contributed by atoms with E-state index in [2.05, 4.69) is 0 Å². The zero-order valence-electron chi connectivity index (χ0n) is 16.0. The van der Waals surface area contributed by atoms with E-state index >= 15 is 0 Å². The smallest absolute Gasteiger partial charge is 0.373 e. The number of halogens is 1. The maximum Gasteiger partial charge on any atom is 0.373 e. The number of nitrogens with two attached hydrogens (primary N) is 1. The molecule has 2 rings (SSSR count). The van der Waals surface area contributed by atoms with Gasteiger partial charge in [0, 0.05) is 26.0 Å². The number of carbonyl (C=O) groups excluding carboxylic acids is 1. The first-order valence-electron chi connectivity index (χ1n) is 8.03. The molecule has 12 heteroatoms. The molecular weight excluding hydrogens is 428 g/mol. The number of hydrogen-bond donors (Lipinski definition) is 1. The van der Waals surface area contributed by atoms with Gasteiger partial charge in [0.25, 0.3) is 0 Å². The van der Waals surface area contributed by atoms with Crippen LogP contribution in [0.15, 0.2) is 41.3 Å². The number of rotatable bonds is 5. The van der Waals surface area contributed by atoms with Gasteiger partial charge in [-0.05, 0) is 30.2 Å². The minimum Gasteiger partial charge on any atom is -0.456 e. The lowest BCUT2D eigenvalue weighted by molar-refractivity contribution is -2.00. The van der Waals surface area contributed by atoms with Crippen LogP contribution in [0, 0.1) is 31.0 Å². The number of benzene rings is 1. The molecule has 29 heavy (non-hydrogen) atoms. The zero-order chi connectivity index (χ0) is 22.4. The molecule has 0 saturated carbocycles. The fourth-order valence-electron chi connectivity index (χ4n) is 2.50. The van der Waals surface area contributed by atoms with Gasteiger partial charge in [-0.1, -0.05) is 12.1 Å². The molecule has 0 fully saturated rings. The Morgan fingerprint density at radius 2 is 1.48 bits per heavy atom. The molecule has 0 amide bonds. The molecule has 0 unspecified atom stereocenters. The summed E-state index contributed by atoms with van der Waals surface area (Å²) in [6.45, 7) is 6.11. The molecular formula is C17H21ClN2O8S. The maximum absolute atomic E-state index is 12.0. The van der Waals surface area contributed by atoms with Crippen LogP contribution in [0.25, 0.3) is 0 Å². The highest BCUT2D eigenvalue weighted by atomic mass is 35.7. The van der Waals surface area contributed by atoms with E-state index < -0.39 is 20.3 Å². The number of pyridine rings is 1. The van der Waals surface area contributed by atoms with Crippen molar-refractivity contribution in [2.45, 2.75) is 38.8 Å². The predicted molar refractivity (Wildman–Crippen MR) is 88.5 cm³/mol. The molecule has 1 aromatic carbocycles. The second kappa shape index (κ2) is 10.1. The number of nitrogens with zero attached hydrogens (tertiary/aromatic N) is 1. The molecule has 2 aromatic rings. The Morgan fingerprint density at radius 1 is 1.03 bits per heavy atom. The van der Waals surface area contributed by atoms with Crippen LogP contribution in [0.2, 0.25) is 0 Å². The lowest BCUT2D eigenvalue weighted by Crippen LogP contribution is -2.68. The third-order valence-corrected chi connectivity index (χ3v) is 4.59. The summed E-state index contributed by atoms with van der Waals surface area (Å²) in [5.41, 5.74) is 3.81. The third kappa shape index (κ3) is 9.76. The van der Waals surface area contributed by atoms with Crippen LogP contribution in [0.4, 0.5) is 0 Å². The van der Waals surface area contributed by atoms with Crippen molar-refractivity contribution in [2.75, 3.05) is 0 Å². The van der Waals surface area contributed by atoms with Gasteiger partial charge in [-0.3, -0.25) is 0 Å². The molecule has 0 aliphatic rings. The minimum absolute atomic E-state index is 0.0269. The summed E-state index contributed by atoms with van der Waals surface area (Å²) in [4.78, 5) is 12.1. The molecule has 0 radical (unpaired) electrons. The van der Waals surface area contributed by atoms with Crippen molar-refractivity contribution in [1.82, 2.24) is 0 Å². The number of hydrogen-bond acceptors (Lipinski definition) is 8. The van der Waals surface area contributed by atoms with Crippen LogP contribution in [0.1, 0.15) is 22.5 Å². The van der Waals surface area contributed by atoms with E-state index in [0.717, 1.165) is 17.0 Å². The molecule has 0 spiro atoms. The molecule has 0 aliphatic carbocycles. The first-order valence-corrected chi connectivity index (χ1v) is 10.8. The lowest BCUT2D eigenvalue weighted by atomic mass is 10.2. The van der Waals surface area contributed by atoms with E-state index in [-0.39, 0.29) is 24.0 Å². The van der Waals surface area contributed by atoms with Crippen molar-refractivity contribution in [2.24, 2.45) is 5.14 Å². The van der Waals surface area contributed by atoms with Gasteiger partial charge in [0.1, 0.15) is 6.61 Å². The quantitative estimate of drug-likeness (QED) is 0.361. The van der Waals surface area contributed by atoms with Gasteiger partial charge >= 0.3 is 5.97 Å². The molecule has 0 saturated heterocycles. The molecule has 0 bridgehead atoms. The van der Waals surface area contributed by atoms with Gasteiger partial charge in [0.15, 0.2) is 11.4 Å². The number of aromatic nitrogens is 1. The van der Waals surface area contributed by atoms with Gasteiger partial charge in [-0.15, -0.1) is 10.2 Å². The Hall–Kier alpha value is -2.12. The topological polar surface area (TPSA) is 183 Å². The van der Waals surface area contributed by atoms with Gasteiger partial charge < -0.3 is 4.74 Å². The molecule has 0 aliphatic heterocycles. The van der Waals surface area contributed by atoms with Gasteiger partial charge in [-0.2, -0.15) is 4.57 Å². The fraction of sp³-hybridized carbons (Fsp3) is 0.294. The molecule has 0 atom stereocenters. The normalized spacial score (nSPS) is 11.4. The number of aryl methyl sites for hydroxylation is 3.